The number of thioether (sulfide) groups is 1. The first kappa shape index (κ1) is 15.7. The third-order valence-corrected chi connectivity index (χ3v) is 3.24. The van der Waals surface area contributed by atoms with Crippen LogP contribution in [0.1, 0.15) is 27.2 Å². The van der Waals surface area contributed by atoms with Gasteiger partial charge < -0.3 is 15.7 Å². The van der Waals surface area contributed by atoms with E-state index in [2.05, 4.69) is 10.6 Å². The van der Waals surface area contributed by atoms with Crippen molar-refractivity contribution in [1.29, 1.82) is 0 Å². The molecule has 0 bridgehead atoms. The normalized spacial score (nSPS) is 11.5. The molecule has 16 heavy (non-hydrogen) atoms. The number of hydrogen-bond acceptors (Lipinski definition) is 4. The van der Waals surface area contributed by atoms with E-state index in [1.165, 1.54) is 0 Å². The molecule has 0 spiro atoms. The summed E-state index contributed by atoms with van der Waals surface area (Å²) in [5.41, 5.74) is -0.496. The van der Waals surface area contributed by atoms with E-state index in [4.69, 9.17) is 5.11 Å². The fraction of sp³-hybridized carbons (Fsp3) is 0.909. The number of carbonyl (C=O) groups is 1. The molecular weight excluding hydrogens is 224 g/mol. The van der Waals surface area contributed by atoms with Gasteiger partial charge >= 0.3 is 0 Å². The third-order valence-electron chi connectivity index (χ3n) is 2.17. The zero-order valence-electron chi connectivity index (χ0n) is 10.5. The van der Waals surface area contributed by atoms with Crippen molar-refractivity contribution in [1.82, 2.24) is 10.6 Å². The predicted molar refractivity (Wildman–Crippen MR) is 69.8 cm³/mol. The SMILES string of the molecule is CCNC(C)(C)C(=O)NCCSCCCO. The molecule has 0 saturated carbocycles. The first-order chi connectivity index (χ1) is 7.54. The molecule has 3 N–H and O–H groups in total. The molecule has 4 nitrogen and oxygen atoms in total. The summed E-state index contributed by atoms with van der Waals surface area (Å²) in [5, 5.41) is 14.6. The Bertz CT molecular complexity index is 198. The molecule has 0 radical (unpaired) electrons. The van der Waals surface area contributed by atoms with Crippen molar-refractivity contribution in [2.75, 3.05) is 31.2 Å². The summed E-state index contributed by atoms with van der Waals surface area (Å²) in [4.78, 5) is 11.7. The number of carbonyl (C=O) groups excluding carboxylic acids is 1. The molecule has 5 heteroatoms. The van der Waals surface area contributed by atoms with E-state index < -0.39 is 5.54 Å². The van der Waals surface area contributed by atoms with Gasteiger partial charge in [-0.3, -0.25) is 4.79 Å². The molecule has 1 amide bonds. The van der Waals surface area contributed by atoms with E-state index in [9.17, 15) is 4.79 Å². The van der Waals surface area contributed by atoms with Crippen molar-refractivity contribution in [2.45, 2.75) is 32.7 Å². The molecule has 0 heterocycles. The first-order valence-corrected chi connectivity index (χ1v) is 6.92. The lowest BCUT2D eigenvalue weighted by atomic mass is 10.1. The van der Waals surface area contributed by atoms with Crippen LogP contribution in [-0.2, 0) is 4.79 Å². The number of rotatable bonds is 9. The lowest BCUT2D eigenvalue weighted by Crippen LogP contribution is -2.52. The van der Waals surface area contributed by atoms with E-state index in [1.54, 1.807) is 11.8 Å². The lowest BCUT2D eigenvalue weighted by Gasteiger charge is -2.24. The second-order valence-corrected chi connectivity index (χ2v) is 5.33. The number of aliphatic hydroxyl groups excluding tert-OH is 1. The predicted octanol–water partition coefficient (Wildman–Crippen LogP) is 0.606. The van der Waals surface area contributed by atoms with Gasteiger partial charge in [0.1, 0.15) is 0 Å². The van der Waals surface area contributed by atoms with E-state index in [-0.39, 0.29) is 12.5 Å². The summed E-state index contributed by atoms with van der Waals surface area (Å²) in [7, 11) is 0. The van der Waals surface area contributed by atoms with Crippen molar-refractivity contribution in [2.24, 2.45) is 0 Å². The Morgan fingerprint density at radius 1 is 1.38 bits per heavy atom. The van der Waals surface area contributed by atoms with Crippen LogP contribution in [0.15, 0.2) is 0 Å². The minimum atomic E-state index is -0.496. The summed E-state index contributed by atoms with van der Waals surface area (Å²) < 4.78 is 0. The molecule has 0 aromatic carbocycles. The summed E-state index contributed by atoms with van der Waals surface area (Å²) in [6.45, 7) is 7.46. The number of amides is 1. The molecule has 0 atom stereocenters. The molecule has 96 valence electrons. The molecule has 0 saturated heterocycles. The van der Waals surface area contributed by atoms with Crippen LogP contribution in [0, 0.1) is 0 Å². The Morgan fingerprint density at radius 3 is 2.62 bits per heavy atom. The van der Waals surface area contributed by atoms with Crippen molar-refractivity contribution < 1.29 is 9.90 Å². The van der Waals surface area contributed by atoms with Gasteiger partial charge in [-0.05, 0) is 32.6 Å². The maximum atomic E-state index is 11.7. The molecule has 0 aromatic rings. The fourth-order valence-corrected chi connectivity index (χ4v) is 2.03. The van der Waals surface area contributed by atoms with E-state index in [0.717, 1.165) is 24.5 Å². The highest BCUT2D eigenvalue weighted by molar-refractivity contribution is 7.99. The van der Waals surface area contributed by atoms with E-state index >= 15 is 0 Å². The zero-order chi connectivity index (χ0) is 12.4. The monoisotopic (exact) mass is 248 g/mol. The average molecular weight is 248 g/mol. The molecule has 0 unspecified atom stereocenters. The van der Waals surface area contributed by atoms with E-state index in [1.807, 2.05) is 20.8 Å². The van der Waals surface area contributed by atoms with Crippen molar-refractivity contribution in [3.05, 3.63) is 0 Å². The van der Waals surface area contributed by atoms with Crippen LogP contribution < -0.4 is 10.6 Å². The maximum absolute atomic E-state index is 11.7. The van der Waals surface area contributed by atoms with Crippen LogP contribution in [0.5, 0.6) is 0 Å². The molecule has 0 aromatic heterocycles. The Hall–Kier alpha value is -0.260. The van der Waals surface area contributed by atoms with Crippen molar-refractivity contribution in [3.63, 3.8) is 0 Å². The summed E-state index contributed by atoms with van der Waals surface area (Å²) in [6, 6.07) is 0. The maximum Gasteiger partial charge on any atom is 0.239 e. The smallest absolute Gasteiger partial charge is 0.239 e. The molecule has 0 rings (SSSR count). The van der Waals surface area contributed by atoms with Crippen LogP contribution in [-0.4, -0.2) is 47.8 Å². The molecule has 0 fully saturated rings. The minimum Gasteiger partial charge on any atom is -0.396 e. The number of aliphatic hydroxyl groups is 1. The Kier molecular flexibility index (Phi) is 8.70. The second kappa shape index (κ2) is 8.84. The van der Waals surface area contributed by atoms with Gasteiger partial charge in [0, 0.05) is 18.9 Å². The van der Waals surface area contributed by atoms with Crippen LogP contribution in [0.4, 0.5) is 0 Å². The Balaban J connectivity index is 3.57. The molecule has 0 aliphatic rings. The zero-order valence-corrected chi connectivity index (χ0v) is 11.3. The highest BCUT2D eigenvalue weighted by atomic mass is 32.2. The quantitative estimate of drug-likeness (QED) is 0.523. The van der Waals surface area contributed by atoms with Crippen molar-refractivity contribution >= 4 is 17.7 Å². The summed E-state index contributed by atoms with van der Waals surface area (Å²) >= 11 is 1.75. The lowest BCUT2D eigenvalue weighted by molar-refractivity contribution is -0.126. The highest BCUT2D eigenvalue weighted by Gasteiger charge is 2.25. The van der Waals surface area contributed by atoms with Crippen LogP contribution in [0.25, 0.3) is 0 Å². The molecule has 0 aliphatic carbocycles. The summed E-state index contributed by atoms with van der Waals surface area (Å²) in [5.74, 6) is 1.88. The van der Waals surface area contributed by atoms with Gasteiger partial charge in [0.25, 0.3) is 0 Å². The van der Waals surface area contributed by atoms with Gasteiger partial charge in [0.05, 0.1) is 5.54 Å². The average Bonchev–Trinajstić information content (AvgIpc) is 2.22. The van der Waals surface area contributed by atoms with Gasteiger partial charge in [0.15, 0.2) is 0 Å². The minimum absolute atomic E-state index is 0.0390. The number of nitrogens with one attached hydrogen (secondary N) is 2. The van der Waals surface area contributed by atoms with Gasteiger partial charge in [0.2, 0.25) is 5.91 Å². The second-order valence-electron chi connectivity index (χ2n) is 4.10. The van der Waals surface area contributed by atoms with Gasteiger partial charge in [-0.2, -0.15) is 11.8 Å². The van der Waals surface area contributed by atoms with Crippen molar-refractivity contribution in [3.8, 4) is 0 Å². The Morgan fingerprint density at radius 2 is 2.06 bits per heavy atom. The highest BCUT2D eigenvalue weighted by Crippen LogP contribution is 2.03. The van der Waals surface area contributed by atoms with Gasteiger partial charge in [-0.1, -0.05) is 6.92 Å². The van der Waals surface area contributed by atoms with E-state index in [0.29, 0.717) is 6.54 Å². The van der Waals surface area contributed by atoms with Crippen LogP contribution in [0.2, 0.25) is 0 Å². The fourth-order valence-electron chi connectivity index (χ4n) is 1.25. The first-order valence-electron chi connectivity index (χ1n) is 5.76. The van der Waals surface area contributed by atoms with Crippen LogP contribution in [0.3, 0.4) is 0 Å². The van der Waals surface area contributed by atoms with Gasteiger partial charge in [-0.15, -0.1) is 0 Å². The Labute approximate surface area is 103 Å². The van der Waals surface area contributed by atoms with Gasteiger partial charge in [-0.25, -0.2) is 0 Å². The molecular formula is C11H24N2O2S. The number of hydrogen-bond donors (Lipinski definition) is 3. The third kappa shape index (κ3) is 7.09. The molecule has 0 aliphatic heterocycles. The number of likely N-dealkylation sites (N-methyl/N-ethyl adjacent to an activating group) is 1. The summed E-state index contributed by atoms with van der Waals surface area (Å²) in [6.07, 6.45) is 0.821. The van der Waals surface area contributed by atoms with Crippen LogP contribution >= 0.6 is 11.8 Å². The standard InChI is InChI=1S/C11H24N2O2S/c1-4-13-11(2,3)10(15)12-6-9-16-8-5-7-14/h13-14H,4-9H2,1-3H3,(H,12,15). The largest absolute Gasteiger partial charge is 0.396 e. The topological polar surface area (TPSA) is 61.4 Å².